The van der Waals surface area contributed by atoms with E-state index in [2.05, 4.69) is 66.0 Å². The lowest BCUT2D eigenvalue weighted by molar-refractivity contribution is -0.181. The Hall–Kier alpha value is -1.82. The number of hydrogen-bond acceptors (Lipinski definition) is 5. The van der Waals surface area contributed by atoms with E-state index in [0.717, 1.165) is 43.4 Å². The van der Waals surface area contributed by atoms with Gasteiger partial charge in [0.25, 0.3) is 0 Å². The number of hydrogen-bond donors (Lipinski definition) is 1. The summed E-state index contributed by atoms with van der Waals surface area (Å²) in [5.41, 5.74) is 2.52. The lowest BCUT2D eigenvalue weighted by Gasteiger charge is -2.22. The summed E-state index contributed by atoms with van der Waals surface area (Å²) in [6.07, 6.45) is 2.99. The van der Waals surface area contributed by atoms with Gasteiger partial charge < -0.3 is 14.8 Å². The van der Waals surface area contributed by atoms with E-state index >= 15 is 0 Å². The van der Waals surface area contributed by atoms with Crippen LogP contribution in [0, 0.1) is 0 Å². The second kappa shape index (κ2) is 9.40. The maximum absolute atomic E-state index is 5.62. The highest BCUT2D eigenvalue weighted by molar-refractivity contribution is 8.13. The maximum atomic E-state index is 5.62. The zero-order chi connectivity index (χ0) is 18.3. The Bertz CT molecular complexity index is 732. The average Bonchev–Trinajstić information content (AvgIpc) is 3.18. The molecule has 27 heavy (non-hydrogen) atoms. The van der Waals surface area contributed by atoms with Crippen LogP contribution >= 0.6 is 11.8 Å². The highest BCUT2D eigenvalue weighted by Gasteiger charge is 2.31. The molecule has 0 aliphatic carbocycles. The summed E-state index contributed by atoms with van der Waals surface area (Å²) in [5, 5.41) is 4.68. The molecule has 2 aromatic carbocycles. The molecule has 5 heteroatoms. The summed E-state index contributed by atoms with van der Waals surface area (Å²) in [6.45, 7) is 1.65. The average molecular weight is 383 g/mol. The molecular weight excluding hydrogens is 356 g/mol. The molecule has 0 amide bonds. The van der Waals surface area contributed by atoms with Crippen LogP contribution in [0.5, 0.6) is 0 Å². The number of nitrogens with one attached hydrogen (secondary N) is 1. The van der Waals surface area contributed by atoms with E-state index in [4.69, 9.17) is 14.5 Å². The zero-order valence-electron chi connectivity index (χ0n) is 15.4. The first kappa shape index (κ1) is 18.5. The summed E-state index contributed by atoms with van der Waals surface area (Å²) in [5.74, 6) is 1.01. The third-order valence-electron chi connectivity index (χ3n) is 4.87. The molecule has 4 rings (SSSR count). The van der Waals surface area contributed by atoms with Gasteiger partial charge in [-0.1, -0.05) is 72.4 Å². The molecule has 0 spiro atoms. The van der Waals surface area contributed by atoms with Gasteiger partial charge >= 0.3 is 0 Å². The van der Waals surface area contributed by atoms with Gasteiger partial charge in [0.05, 0.1) is 19.3 Å². The molecule has 0 radical (unpaired) electrons. The van der Waals surface area contributed by atoms with Crippen molar-refractivity contribution >= 4 is 16.9 Å². The fraction of sp³-hybridized carbons (Fsp3) is 0.409. The van der Waals surface area contributed by atoms with Crippen molar-refractivity contribution in [2.24, 2.45) is 4.99 Å². The molecule has 1 N–H and O–H groups in total. The van der Waals surface area contributed by atoms with Crippen LogP contribution in [0.15, 0.2) is 65.7 Å². The van der Waals surface area contributed by atoms with Crippen molar-refractivity contribution < 1.29 is 9.47 Å². The van der Waals surface area contributed by atoms with Crippen LogP contribution in [-0.4, -0.2) is 30.4 Å². The van der Waals surface area contributed by atoms with Gasteiger partial charge in [0.15, 0.2) is 11.5 Å². The van der Waals surface area contributed by atoms with Crippen molar-refractivity contribution in [2.75, 3.05) is 19.0 Å². The lowest BCUT2D eigenvalue weighted by atomic mass is 9.95. The molecule has 0 saturated carbocycles. The minimum atomic E-state index is -0.0213. The fourth-order valence-electron chi connectivity index (χ4n) is 3.49. The summed E-state index contributed by atoms with van der Waals surface area (Å²) in [6, 6.07) is 21.4. The van der Waals surface area contributed by atoms with E-state index < -0.39 is 0 Å². The molecule has 2 aliphatic rings. The fourth-order valence-corrected chi connectivity index (χ4v) is 4.40. The molecule has 1 saturated heterocycles. The zero-order valence-corrected chi connectivity index (χ0v) is 16.2. The number of aliphatic imine (C=N–C) groups is 1. The third-order valence-corrected chi connectivity index (χ3v) is 5.86. The quantitative estimate of drug-likeness (QED) is 0.735. The van der Waals surface area contributed by atoms with E-state index in [9.17, 15) is 0 Å². The standard InChI is InChI=1S/C22H26N2O2S/c1-3-9-17(10-4-1)20-21(18-11-5-2-6-12-18)24-22(23-20)27-16-7-13-19-25-14-8-15-26-19/h1-6,9-12,19-21H,7-8,13-16H2,(H,23,24). The minimum absolute atomic E-state index is 0.0213. The Balaban J connectivity index is 1.37. The first-order valence-electron chi connectivity index (χ1n) is 9.70. The highest BCUT2D eigenvalue weighted by Crippen LogP contribution is 2.37. The molecule has 2 unspecified atom stereocenters. The van der Waals surface area contributed by atoms with E-state index in [1.807, 2.05) is 0 Å². The van der Waals surface area contributed by atoms with E-state index in [1.165, 1.54) is 11.1 Å². The maximum Gasteiger partial charge on any atom is 0.157 e. The van der Waals surface area contributed by atoms with Gasteiger partial charge in [0.1, 0.15) is 6.04 Å². The molecule has 2 aromatic rings. The van der Waals surface area contributed by atoms with Crippen molar-refractivity contribution in [3.8, 4) is 0 Å². The second-order valence-electron chi connectivity index (χ2n) is 6.84. The van der Waals surface area contributed by atoms with Gasteiger partial charge in [0.2, 0.25) is 0 Å². The van der Waals surface area contributed by atoms with Crippen LogP contribution in [0.4, 0.5) is 0 Å². The van der Waals surface area contributed by atoms with Crippen LogP contribution in [0.25, 0.3) is 0 Å². The first-order chi connectivity index (χ1) is 13.4. The van der Waals surface area contributed by atoms with Gasteiger partial charge in [0, 0.05) is 5.75 Å². The Morgan fingerprint density at radius 2 is 1.59 bits per heavy atom. The van der Waals surface area contributed by atoms with Crippen LogP contribution in [0.2, 0.25) is 0 Å². The predicted molar refractivity (Wildman–Crippen MR) is 111 cm³/mol. The van der Waals surface area contributed by atoms with E-state index in [1.54, 1.807) is 11.8 Å². The molecule has 4 nitrogen and oxygen atoms in total. The van der Waals surface area contributed by atoms with Crippen molar-refractivity contribution in [3.63, 3.8) is 0 Å². The van der Waals surface area contributed by atoms with Crippen molar-refractivity contribution in [1.29, 1.82) is 0 Å². The van der Waals surface area contributed by atoms with Crippen LogP contribution in [-0.2, 0) is 9.47 Å². The summed E-state index contributed by atoms with van der Waals surface area (Å²) < 4.78 is 11.2. The first-order valence-corrected chi connectivity index (χ1v) is 10.7. The number of ether oxygens (including phenoxy) is 2. The third kappa shape index (κ3) is 4.92. The molecule has 0 aromatic heterocycles. The molecule has 2 heterocycles. The predicted octanol–water partition coefficient (Wildman–Crippen LogP) is 4.70. The van der Waals surface area contributed by atoms with Gasteiger partial charge in [-0.05, 0) is 30.4 Å². The number of benzene rings is 2. The second-order valence-corrected chi connectivity index (χ2v) is 7.92. The number of rotatable bonds is 6. The Morgan fingerprint density at radius 3 is 2.30 bits per heavy atom. The lowest BCUT2D eigenvalue weighted by Crippen LogP contribution is -2.25. The number of nitrogens with zero attached hydrogens (tertiary/aromatic N) is 1. The topological polar surface area (TPSA) is 42.9 Å². The van der Waals surface area contributed by atoms with Gasteiger partial charge in [-0.2, -0.15) is 0 Å². The van der Waals surface area contributed by atoms with Crippen molar-refractivity contribution in [1.82, 2.24) is 5.32 Å². The Morgan fingerprint density at radius 1 is 0.926 bits per heavy atom. The van der Waals surface area contributed by atoms with E-state index in [-0.39, 0.29) is 18.4 Å². The SMILES string of the molecule is c1ccc(C2N=C(SCCCC3OCCCO3)NC2c2ccccc2)cc1. The largest absolute Gasteiger partial charge is 0.356 e. The Labute approximate surface area is 165 Å². The summed E-state index contributed by atoms with van der Waals surface area (Å²) >= 11 is 1.80. The van der Waals surface area contributed by atoms with Gasteiger partial charge in [-0.25, -0.2) is 0 Å². The molecular formula is C22H26N2O2S. The van der Waals surface area contributed by atoms with Crippen LogP contribution < -0.4 is 5.32 Å². The monoisotopic (exact) mass is 382 g/mol. The van der Waals surface area contributed by atoms with Gasteiger partial charge in [-0.15, -0.1) is 0 Å². The molecule has 2 atom stereocenters. The van der Waals surface area contributed by atoms with Crippen LogP contribution in [0.3, 0.4) is 0 Å². The molecule has 142 valence electrons. The Kier molecular flexibility index (Phi) is 6.45. The molecule has 0 bridgehead atoms. The van der Waals surface area contributed by atoms with E-state index in [0.29, 0.717) is 0 Å². The van der Waals surface area contributed by atoms with Crippen LogP contribution in [0.1, 0.15) is 42.5 Å². The summed E-state index contributed by atoms with van der Waals surface area (Å²) in [4.78, 5) is 5.01. The normalized spacial score (nSPS) is 23.0. The number of amidine groups is 1. The number of thioether (sulfide) groups is 1. The molecule has 2 aliphatic heterocycles. The minimum Gasteiger partial charge on any atom is -0.356 e. The van der Waals surface area contributed by atoms with Crippen molar-refractivity contribution in [2.45, 2.75) is 37.6 Å². The highest BCUT2D eigenvalue weighted by atomic mass is 32.2. The molecule has 1 fully saturated rings. The summed E-state index contributed by atoms with van der Waals surface area (Å²) in [7, 11) is 0. The smallest absolute Gasteiger partial charge is 0.157 e. The van der Waals surface area contributed by atoms with Crippen molar-refractivity contribution in [3.05, 3.63) is 71.8 Å². The van der Waals surface area contributed by atoms with Gasteiger partial charge in [-0.3, -0.25) is 4.99 Å².